The van der Waals surface area contributed by atoms with Crippen molar-refractivity contribution in [2.75, 3.05) is 10.8 Å². The van der Waals surface area contributed by atoms with Crippen LogP contribution >= 0.6 is 11.6 Å². The van der Waals surface area contributed by atoms with Gasteiger partial charge in [0.1, 0.15) is 18.2 Å². The fraction of sp³-hybridized carbons (Fsp3) is 0.375. The molecule has 0 radical (unpaired) electrons. The molecule has 172 valence electrons. The van der Waals surface area contributed by atoms with Crippen LogP contribution in [0.3, 0.4) is 0 Å². The van der Waals surface area contributed by atoms with Gasteiger partial charge in [-0.1, -0.05) is 19.3 Å². The molecule has 2 amide bonds. The van der Waals surface area contributed by atoms with Crippen LogP contribution in [-0.2, 0) is 9.59 Å². The number of oxazole rings is 1. The van der Waals surface area contributed by atoms with Crippen LogP contribution in [0.5, 0.6) is 0 Å². The Kier molecular flexibility index (Phi) is 7.34. The predicted octanol–water partition coefficient (Wildman–Crippen LogP) is 4.20. The fourth-order valence-corrected chi connectivity index (χ4v) is 4.38. The molecule has 2 aromatic heterocycles. The molecule has 1 aromatic carbocycles. The van der Waals surface area contributed by atoms with E-state index in [4.69, 9.17) is 16.0 Å². The van der Waals surface area contributed by atoms with Crippen LogP contribution in [-0.4, -0.2) is 38.7 Å². The number of amides is 2. The van der Waals surface area contributed by atoms with Crippen molar-refractivity contribution in [3.8, 4) is 11.3 Å². The van der Waals surface area contributed by atoms with Crippen molar-refractivity contribution in [1.82, 2.24) is 20.3 Å². The molecule has 8 nitrogen and oxygen atoms in total. The maximum atomic E-state index is 13.5. The number of halogens is 1. The van der Waals surface area contributed by atoms with E-state index < -0.39 is 11.9 Å². The standard InChI is InChI=1S/C24H26ClN5O3/c1-16-23(33-15-28-16)17-7-9-20(10-8-17)30(21(31)11-25)22(18-12-26-14-27-13-18)24(32)29-19-5-3-2-4-6-19/h7-10,12-15,19,22H,2-6,11H2,1H3,(H,29,32). The summed E-state index contributed by atoms with van der Waals surface area (Å²) in [6.07, 6.45) is 11.1. The number of nitrogens with zero attached hydrogens (tertiary/aromatic N) is 4. The zero-order valence-corrected chi connectivity index (χ0v) is 19.2. The first-order valence-corrected chi connectivity index (χ1v) is 11.6. The van der Waals surface area contributed by atoms with Crippen LogP contribution in [0.25, 0.3) is 11.3 Å². The van der Waals surface area contributed by atoms with Gasteiger partial charge in [-0.05, 0) is 44.0 Å². The van der Waals surface area contributed by atoms with Gasteiger partial charge in [0.15, 0.2) is 12.2 Å². The van der Waals surface area contributed by atoms with Crippen LogP contribution in [0.4, 0.5) is 5.69 Å². The largest absolute Gasteiger partial charge is 0.443 e. The number of carbonyl (C=O) groups is 2. The number of anilines is 1. The average Bonchev–Trinajstić information content (AvgIpc) is 3.29. The minimum absolute atomic E-state index is 0.0862. The summed E-state index contributed by atoms with van der Waals surface area (Å²) in [6, 6.07) is 6.34. The molecule has 1 saturated carbocycles. The Labute approximate surface area is 197 Å². The van der Waals surface area contributed by atoms with Crippen molar-refractivity contribution in [2.45, 2.75) is 51.1 Å². The molecular weight excluding hydrogens is 442 g/mol. The van der Waals surface area contributed by atoms with E-state index in [1.54, 1.807) is 24.5 Å². The molecule has 3 aromatic rings. The molecule has 1 N–H and O–H groups in total. The normalized spacial score (nSPS) is 15.1. The SMILES string of the molecule is Cc1ncoc1-c1ccc(N(C(=O)CCl)C(C(=O)NC2CCCCC2)c2cncnc2)cc1. The van der Waals surface area contributed by atoms with Crippen molar-refractivity contribution >= 4 is 29.1 Å². The summed E-state index contributed by atoms with van der Waals surface area (Å²) in [5.74, 6) is -0.290. The Bertz CT molecular complexity index is 1080. The molecule has 4 rings (SSSR count). The Morgan fingerprint density at radius 1 is 1.15 bits per heavy atom. The number of benzene rings is 1. The Hall–Kier alpha value is -3.26. The van der Waals surface area contributed by atoms with Gasteiger partial charge >= 0.3 is 0 Å². The van der Waals surface area contributed by atoms with Crippen LogP contribution in [0.1, 0.15) is 49.4 Å². The zero-order valence-electron chi connectivity index (χ0n) is 18.4. The third-order valence-electron chi connectivity index (χ3n) is 5.89. The molecule has 1 fully saturated rings. The molecule has 0 bridgehead atoms. The zero-order chi connectivity index (χ0) is 23.2. The molecule has 9 heteroatoms. The first-order chi connectivity index (χ1) is 16.1. The van der Waals surface area contributed by atoms with E-state index in [2.05, 4.69) is 20.3 Å². The van der Waals surface area contributed by atoms with Crippen LogP contribution in [0, 0.1) is 6.92 Å². The summed E-state index contributed by atoms with van der Waals surface area (Å²) in [5, 5.41) is 3.13. The Morgan fingerprint density at radius 2 is 1.85 bits per heavy atom. The lowest BCUT2D eigenvalue weighted by atomic mass is 9.95. The molecule has 1 aliphatic carbocycles. The lowest BCUT2D eigenvalue weighted by Gasteiger charge is -2.32. The number of carbonyl (C=O) groups excluding carboxylic acids is 2. The van der Waals surface area contributed by atoms with E-state index in [0.29, 0.717) is 17.0 Å². The van der Waals surface area contributed by atoms with E-state index in [9.17, 15) is 9.59 Å². The maximum Gasteiger partial charge on any atom is 0.248 e. The van der Waals surface area contributed by atoms with Crippen molar-refractivity contribution in [1.29, 1.82) is 0 Å². The van der Waals surface area contributed by atoms with Crippen LogP contribution < -0.4 is 10.2 Å². The first kappa shape index (κ1) is 22.9. The molecular formula is C24H26ClN5O3. The number of hydrogen-bond donors (Lipinski definition) is 1. The third-order valence-corrected chi connectivity index (χ3v) is 6.12. The molecule has 1 aliphatic rings. The molecule has 33 heavy (non-hydrogen) atoms. The molecule has 1 unspecified atom stereocenters. The highest BCUT2D eigenvalue weighted by atomic mass is 35.5. The van der Waals surface area contributed by atoms with Gasteiger partial charge < -0.3 is 9.73 Å². The molecule has 0 spiro atoms. The minimum atomic E-state index is -0.947. The van der Waals surface area contributed by atoms with E-state index in [0.717, 1.165) is 36.9 Å². The third kappa shape index (κ3) is 5.22. The number of alkyl halides is 1. The monoisotopic (exact) mass is 467 g/mol. The van der Waals surface area contributed by atoms with Gasteiger partial charge in [0.25, 0.3) is 0 Å². The van der Waals surface area contributed by atoms with Gasteiger partial charge in [0.05, 0.1) is 5.69 Å². The lowest BCUT2D eigenvalue weighted by Crippen LogP contribution is -2.47. The summed E-state index contributed by atoms with van der Waals surface area (Å²) >= 11 is 5.98. The highest BCUT2D eigenvalue weighted by Crippen LogP contribution is 2.31. The first-order valence-electron chi connectivity index (χ1n) is 11.0. The number of hydrogen-bond acceptors (Lipinski definition) is 6. The van der Waals surface area contributed by atoms with Gasteiger partial charge in [-0.3, -0.25) is 14.5 Å². The van der Waals surface area contributed by atoms with Crippen molar-refractivity contribution < 1.29 is 14.0 Å². The summed E-state index contributed by atoms with van der Waals surface area (Å²) in [5.41, 5.74) is 2.63. The second kappa shape index (κ2) is 10.6. The molecule has 0 saturated heterocycles. The fourth-order valence-electron chi connectivity index (χ4n) is 4.25. The molecule has 2 heterocycles. The number of rotatable bonds is 7. The summed E-state index contributed by atoms with van der Waals surface area (Å²) < 4.78 is 5.47. The van der Waals surface area contributed by atoms with Gasteiger partial charge in [-0.15, -0.1) is 11.6 Å². The number of nitrogens with one attached hydrogen (secondary N) is 1. The topological polar surface area (TPSA) is 101 Å². The van der Waals surface area contributed by atoms with Crippen LogP contribution in [0.15, 0.2) is 53.8 Å². The van der Waals surface area contributed by atoms with Gasteiger partial charge in [0.2, 0.25) is 11.8 Å². The molecule has 0 aliphatic heterocycles. The predicted molar refractivity (Wildman–Crippen MR) is 125 cm³/mol. The smallest absolute Gasteiger partial charge is 0.248 e. The maximum absolute atomic E-state index is 13.5. The Morgan fingerprint density at radius 3 is 2.45 bits per heavy atom. The van der Waals surface area contributed by atoms with Gasteiger partial charge in [-0.25, -0.2) is 15.0 Å². The quantitative estimate of drug-likeness (QED) is 0.522. The second-order valence-electron chi connectivity index (χ2n) is 8.13. The Balaban J connectivity index is 1.70. The van der Waals surface area contributed by atoms with Crippen LogP contribution in [0.2, 0.25) is 0 Å². The minimum Gasteiger partial charge on any atom is -0.443 e. The van der Waals surface area contributed by atoms with Crippen molar-refractivity contribution in [3.05, 3.63) is 60.6 Å². The average molecular weight is 468 g/mol. The van der Waals surface area contributed by atoms with E-state index in [1.165, 1.54) is 24.0 Å². The number of aromatic nitrogens is 3. The van der Waals surface area contributed by atoms with Crippen molar-refractivity contribution in [2.24, 2.45) is 0 Å². The lowest BCUT2D eigenvalue weighted by molar-refractivity contribution is -0.126. The van der Waals surface area contributed by atoms with Crippen molar-refractivity contribution in [3.63, 3.8) is 0 Å². The van der Waals surface area contributed by atoms with E-state index in [1.807, 2.05) is 19.1 Å². The molecule has 1 atom stereocenters. The number of aryl methyl sites for hydroxylation is 1. The van der Waals surface area contributed by atoms with Gasteiger partial charge in [-0.2, -0.15) is 0 Å². The van der Waals surface area contributed by atoms with E-state index in [-0.39, 0.29) is 17.8 Å². The summed E-state index contributed by atoms with van der Waals surface area (Å²) in [4.78, 5) is 40.2. The highest BCUT2D eigenvalue weighted by Gasteiger charge is 2.34. The van der Waals surface area contributed by atoms with E-state index >= 15 is 0 Å². The second-order valence-corrected chi connectivity index (χ2v) is 8.40. The highest BCUT2D eigenvalue weighted by molar-refractivity contribution is 6.29. The summed E-state index contributed by atoms with van der Waals surface area (Å²) in [6.45, 7) is 1.86. The summed E-state index contributed by atoms with van der Waals surface area (Å²) in [7, 11) is 0. The van der Waals surface area contributed by atoms with Gasteiger partial charge in [0, 0.05) is 35.2 Å².